The maximum Gasteiger partial charge on any atom is 0.441 e. The van der Waals surface area contributed by atoms with E-state index in [0.717, 1.165) is 0 Å². The van der Waals surface area contributed by atoms with Gasteiger partial charge in [0.15, 0.2) is 0 Å². The highest BCUT2D eigenvalue weighted by Gasteiger charge is 2.34. The van der Waals surface area contributed by atoms with Crippen LogP contribution in [0.5, 0.6) is 0 Å². The number of carbonyl (C=O) groups is 6. The molecule has 4 amide bonds. The van der Waals surface area contributed by atoms with Crippen LogP contribution in [-0.2, 0) is 33.6 Å². The number of hydroxylamine groups is 2. The van der Waals surface area contributed by atoms with Crippen LogP contribution in [0.25, 0.3) is 0 Å². The molecule has 10 nitrogen and oxygen atoms in total. The zero-order valence-corrected chi connectivity index (χ0v) is 10.1. The van der Waals surface area contributed by atoms with E-state index >= 15 is 0 Å². The molecule has 2 saturated heterocycles. The molecule has 20 heavy (non-hydrogen) atoms. The van der Waals surface area contributed by atoms with Gasteiger partial charge in [-0.3, -0.25) is 24.5 Å². The van der Waals surface area contributed by atoms with Crippen molar-refractivity contribution in [2.24, 2.45) is 0 Å². The lowest BCUT2D eigenvalue weighted by atomic mass is 10.4. The Morgan fingerprint density at radius 3 is 1.70 bits per heavy atom. The molecule has 0 spiro atoms. The normalized spacial score (nSPS) is 17.5. The Labute approximate surface area is 111 Å². The van der Waals surface area contributed by atoms with Crippen molar-refractivity contribution in [2.45, 2.75) is 25.7 Å². The smallest absolute Gasteiger partial charge is 0.441 e. The third-order valence-electron chi connectivity index (χ3n) is 2.21. The average Bonchev–Trinajstić information content (AvgIpc) is 2.89. The van der Waals surface area contributed by atoms with E-state index in [9.17, 15) is 28.8 Å². The first-order valence-electron chi connectivity index (χ1n) is 5.45. The van der Waals surface area contributed by atoms with E-state index in [4.69, 9.17) is 5.11 Å². The van der Waals surface area contributed by atoms with Crippen LogP contribution in [0.4, 0.5) is 0 Å². The minimum Gasteiger partial charge on any atom is -0.473 e. The molecule has 0 bridgehead atoms. The number of carboxylic acids is 1. The van der Waals surface area contributed by atoms with Crippen molar-refractivity contribution in [2.75, 3.05) is 0 Å². The summed E-state index contributed by atoms with van der Waals surface area (Å²) in [6.07, 6.45) is 0.620. The van der Waals surface area contributed by atoms with Gasteiger partial charge in [-0.25, -0.2) is 9.59 Å². The highest BCUT2D eigenvalue weighted by Crippen LogP contribution is 2.11. The highest BCUT2D eigenvalue weighted by atomic mass is 16.7. The standard InChI is InChI=1S/C6H5NO6.C4H5NO2/c8-3-1-2-4(9)7(3)13-6(12)5(10)11;6-3-1-2-4(7)5-3/h1-2H2,(H,10,11);1-2H2,(H,5,6,7). The summed E-state index contributed by atoms with van der Waals surface area (Å²) < 4.78 is 0. The fraction of sp³-hybridized carbons (Fsp3) is 0.400. The SMILES string of the molecule is O=C(O)C(=O)ON1C(=O)CCC1=O.O=C1CCC(=O)N1. The van der Waals surface area contributed by atoms with Crippen LogP contribution >= 0.6 is 0 Å². The predicted octanol–water partition coefficient (Wildman–Crippen LogP) is -1.90. The molecule has 2 heterocycles. The van der Waals surface area contributed by atoms with Crippen LogP contribution in [-0.4, -0.2) is 45.7 Å². The molecule has 10 heteroatoms. The van der Waals surface area contributed by atoms with Gasteiger partial charge in [-0.1, -0.05) is 0 Å². The van der Waals surface area contributed by atoms with E-state index < -0.39 is 23.8 Å². The van der Waals surface area contributed by atoms with E-state index in [1.54, 1.807) is 0 Å². The van der Waals surface area contributed by atoms with Crippen LogP contribution in [0.2, 0.25) is 0 Å². The van der Waals surface area contributed by atoms with E-state index in [0.29, 0.717) is 12.8 Å². The monoisotopic (exact) mass is 286 g/mol. The number of nitrogens with zero attached hydrogens (tertiary/aromatic N) is 1. The maximum atomic E-state index is 10.8. The van der Waals surface area contributed by atoms with Crippen LogP contribution in [0.15, 0.2) is 0 Å². The quantitative estimate of drug-likeness (QED) is 0.419. The Morgan fingerprint density at radius 2 is 1.40 bits per heavy atom. The number of nitrogens with one attached hydrogen (secondary N) is 1. The Balaban J connectivity index is 0.000000240. The van der Waals surface area contributed by atoms with Gasteiger partial charge in [0.05, 0.1) is 0 Å². The molecular weight excluding hydrogens is 276 g/mol. The van der Waals surface area contributed by atoms with Crippen LogP contribution < -0.4 is 5.32 Å². The van der Waals surface area contributed by atoms with Gasteiger partial charge in [0, 0.05) is 25.7 Å². The summed E-state index contributed by atoms with van der Waals surface area (Å²) in [7, 11) is 0. The van der Waals surface area contributed by atoms with Crippen molar-refractivity contribution in [3.05, 3.63) is 0 Å². The van der Waals surface area contributed by atoms with E-state index in [1.807, 2.05) is 0 Å². The molecule has 0 aromatic rings. The summed E-state index contributed by atoms with van der Waals surface area (Å²) in [6.45, 7) is 0. The molecule has 0 atom stereocenters. The molecule has 0 aromatic carbocycles. The van der Waals surface area contributed by atoms with Gasteiger partial charge in [-0.15, -0.1) is 5.06 Å². The molecule has 0 saturated carbocycles. The molecule has 0 radical (unpaired) electrons. The number of carboxylic acid groups (broad SMARTS) is 1. The number of rotatable bonds is 1. The Hall–Kier alpha value is -2.78. The van der Waals surface area contributed by atoms with E-state index in [-0.39, 0.29) is 29.7 Å². The van der Waals surface area contributed by atoms with Gasteiger partial charge < -0.3 is 9.94 Å². The van der Waals surface area contributed by atoms with Gasteiger partial charge >= 0.3 is 11.9 Å². The van der Waals surface area contributed by atoms with Crippen molar-refractivity contribution < 1.29 is 38.7 Å². The molecular formula is C10H10N2O8. The van der Waals surface area contributed by atoms with Crippen LogP contribution in [0.1, 0.15) is 25.7 Å². The summed E-state index contributed by atoms with van der Waals surface area (Å²) >= 11 is 0. The summed E-state index contributed by atoms with van der Waals surface area (Å²) in [5.74, 6) is -5.22. The van der Waals surface area contributed by atoms with Gasteiger partial charge in [-0.2, -0.15) is 0 Å². The molecule has 108 valence electrons. The second kappa shape index (κ2) is 6.41. The Morgan fingerprint density at radius 1 is 0.950 bits per heavy atom. The summed E-state index contributed by atoms with van der Waals surface area (Å²) in [5, 5.41) is 10.4. The summed E-state index contributed by atoms with van der Waals surface area (Å²) in [5.41, 5.74) is 0. The van der Waals surface area contributed by atoms with Crippen molar-refractivity contribution in [3.63, 3.8) is 0 Å². The number of hydrogen-bond donors (Lipinski definition) is 2. The molecule has 0 aromatic heterocycles. The first-order valence-corrected chi connectivity index (χ1v) is 5.45. The zero-order valence-electron chi connectivity index (χ0n) is 10.1. The maximum absolute atomic E-state index is 10.8. The molecule has 2 rings (SSSR count). The Kier molecular flexibility index (Phi) is 4.89. The second-order valence-electron chi connectivity index (χ2n) is 3.74. The molecule has 2 aliphatic heterocycles. The van der Waals surface area contributed by atoms with E-state index in [1.165, 1.54) is 0 Å². The molecule has 2 N–H and O–H groups in total. The second-order valence-corrected chi connectivity index (χ2v) is 3.74. The minimum atomic E-state index is -1.85. The number of aliphatic carboxylic acids is 1. The van der Waals surface area contributed by atoms with Crippen molar-refractivity contribution >= 4 is 35.6 Å². The first kappa shape index (κ1) is 15.3. The lowest BCUT2D eigenvalue weighted by Gasteiger charge is -2.09. The molecule has 0 aliphatic carbocycles. The van der Waals surface area contributed by atoms with Gasteiger partial charge in [0.25, 0.3) is 11.8 Å². The minimum absolute atomic E-state index is 0.0638. The average molecular weight is 286 g/mol. The fourth-order valence-electron chi connectivity index (χ4n) is 1.29. The number of amides is 4. The molecule has 2 aliphatic rings. The first-order chi connectivity index (χ1) is 9.31. The number of hydrogen-bond acceptors (Lipinski definition) is 7. The highest BCUT2D eigenvalue weighted by molar-refractivity contribution is 6.29. The van der Waals surface area contributed by atoms with Crippen molar-refractivity contribution in [3.8, 4) is 0 Å². The van der Waals surface area contributed by atoms with Gasteiger partial charge in [-0.05, 0) is 0 Å². The van der Waals surface area contributed by atoms with Crippen molar-refractivity contribution in [1.29, 1.82) is 0 Å². The summed E-state index contributed by atoms with van der Waals surface area (Å²) in [6, 6.07) is 0. The Bertz CT molecular complexity index is 467. The zero-order chi connectivity index (χ0) is 15.3. The van der Waals surface area contributed by atoms with Crippen LogP contribution in [0.3, 0.4) is 0 Å². The topological polar surface area (TPSA) is 147 Å². The third-order valence-corrected chi connectivity index (χ3v) is 2.21. The van der Waals surface area contributed by atoms with Crippen LogP contribution in [0, 0.1) is 0 Å². The predicted molar refractivity (Wildman–Crippen MR) is 57.2 cm³/mol. The molecule has 0 unspecified atom stereocenters. The fourth-order valence-corrected chi connectivity index (χ4v) is 1.29. The van der Waals surface area contributed by atoms with Gasteiger partial charge in [0.2, 0.25) is 11.8 Å². The lowest BCUT2D eigenvalue weighted by Crippen LogP contribution is -2.34. The number of imide groups is 2. The van der Waals surface area contributed by atoms with Gasteiger partial charge in [0.1, 0.15) is 0 Å². The molecule has 2 fully saturated rings. The third kappa shape index (κ3) is 4.15. The summed E-state index contributed by atoms with van der Waals surface area (Å²) in [4.78, 5) is 66.2. The number of carbonyl (C=O) groups excluding carboxylic acids is 5. The van der Waals surface area contributed by atoms with Crippen molar-refractivity contribution in [1.82, 2.24) is 10.4 Å². The largest absolute Gasteiger partial charge is 0.473 e. The van der Waals surface area contributed by atoms with E-state index in [2.05, 4.69) is 10.2 Å². The lowest BCUT2D eigenvalue weighted by molar-refractivity contribution is -0.201.